The number of hydrogen-bond acceptors (Lipinski definition) is 7. The van der Waals surface area contributed by atoms with Crippen molar-refractivity contribution in [2.75, 3.05) is 6.61 Å². The summed E-state index contributed by atoms with van der Waals surface area (Å²) in [5, 5.41) is 20.3. The van der Waals surface area contributed by atoms with Gasteiger partial charge in [0.05, 0.1) is 13.2 Å². The largest absolute Gasteiger partial charge is 0.494 e. The zero-order valence-corrected chi connectivity index (χ0v) is 17.0. The van der Waals surface area contributed by atoms with Gasteiger partial charge in [-0.1, -0.05) is 25.0 Å². The van der Waals surface area contributed by atoms with Crippen LogP contribution in [0.2, 0.25) is 0 Å². The molecule has 3 aliphatic rings. The summed E-state index contributed by atoms with van der Waals surface area (Å²) in [7, 11) is 0. The van der Waals surface area contributed by atoms with E-state index in [9.17, 15) is 5.11 Å². The molecule has 1 aromatic heterocycles. The van der Waals surface area contributed by atoms with Gasteiger partial charge in [0.25, 0.3) is 0 Å². The molecule has 156 valence electrons. The van der Waals surface area contributed by atoms with Crippen LogP contribution >= 0.6 is 0 Å². The predicted molar refractivity (Wildman–Crippen MR) is 103 cm³/mol. The highest BCUT2D eigenvalue weighted by Gasteiger charge is 2.68. The van der Waals surface area contributed by atoms with Crippen LogP contribution in [0.15, 0.2) is 24.3 Å². The SMILES string of the molecule is CCCCCOc1ccc(-c2nnn3c2C2(O)C(C3)OC3OC(C)(C)OC32)cc1. The van der Waals surface area contributed by atoms with Gasteiger partial charge in [-0.25, -0.2) is 4.68 Å². The molecule has 0 saturated carbocycles. The number of nitrogens with zero attached hydrogens (tertiary/aromatic N) is 3. The smallest absolute Gasteiger partial charge is 0.191 e. The Morgan fingerprint density at radius 2 is 2.00 bits per heavy atom. The number of rotatable bonds is 6. The molecule has 8 heteroatoms. The Morgan fingerprint density at radius 1 is 1.21 bits per heavy atom. The molecular formula is C21H27N3O5. The fourth-order valence-electron chi connectivity index (χ4n) is 4.49. The second kappa shape index (κ2) is 6.77. The monoisotopic (exact) mass is 401 g/mol. The topological polar surface area (TPSA) is 87.9 Å². The van der Waals surface area contributed by atoms with Crippen molar-refractivity contribution >= 4 is 0 Å². The molecule has 0 amide bonds. The summed E-state index contributed by atoms with van der Waals surface area (Å²) < 4.78 is 25.3. The third-order valence-corrected chi connectivity index (χ3v) is 5.88. The van der Waals surface area contributed by atoms with Crippen LogP contribution in [-0.2, 0) is 26.4 Å². The first-order valence-corrected chi connectivity index (χ1v) is 10.3. The van der Waals surface area contributed by atoms with Crippen LogP contribution in [0.4, 0.5) is 0 Å². The van der Waals surface area contributed by atoms with Crippen LogP contribution in [0.5, 0.6) is 5.75 Å². The van der Waals surface area contributed by atoms with Crippen LogP contribution in [0.1, 0.15) is 45.7 Å². The average molecular weight is 401 g/mol. The summed E-state index contributed by atoms with van der Waals surface area (Å²) in [5.74, 6) is 0.0113. The van der Waals surface area contributed by atoms with Crippen molar-refractivity contribution in [3.63, 3.8) is 0 Å². The highest BCUT2D eigenvalue weighted by molar-refractivity contribution is 5.64. The fraction of sp³-hybridized carbons (Fsp3) is 0.619. The average Bonchev–Trinajstić information content (AvgIpc) is 3.37. The van der Waals surface area contributed by atoms with Crippen LogP contribution in [0.25, 0.3) is 11.3 Å². The summed E-state index contributed by atoms with van der Waals surface area (Å²) in [6.45, 7) is 6.93. The van der Waals surface area contributed by atoms with Crippen molar-refractivity contribution in [1.29, 1.82) is 0 Å². The van der Waals surface area contributed by atoms with E-state index in [1.165, 1.54) is 6.42 Å². The molecule has 29 heavy (non-hydrogen) atoms. The van der Waals surface area contributed by atoms with Gasteiger partial charge in [0.1, 0.15) is 29.3 Å². The Balaban J connectivity index is 1.41. The molecule has 0 radical (unpaired) electrons. The van der Waals surface area contributed by atoms with Crippen molar-refractivity contribution in [1.82, 2.24) is 15.0 Å². The number of ether oxygens (including phenoxy) is 4. The third-order valence-electron chi connectivity index (χ3n) is 5.88. The molecule has 1 N–H and O–H groups in total. The normalized spacial score (nSPS) is 31.5. The van der Waals surface area contributed by atoms with E-state index >= 15 is 0 Å². The highest BCUT2D eigenvalue weighted by Crippen LogP contribution is 2.53. The summed E-state index contributed by atoms with van der Waals surface area (Å²) in [6.07, 6.45) is 1.68. The van der Waals surface area contributed by atoms with E-state index in [4.69, 9.17) is 18.9 Å². The minimum absolute atomic E-state index is 0.414. The number of fused-ring (bicyclic) bond motifs is 5. The van der Waals surface area contributed by atoms with Gasteiger partial charge in [0, 0.05) is 5.56 Å². The van der Waals surface area contributed by atoms with Crippen molar-refractivity contribution in [2.45, 2.75) is 76.5 Å². The quantitative estimate of drug-likeness (QED) is 0.745. The Kier molecular flexibility index (Phi) is 4.43. The zero-order valence-electron chi connectivity index (χ0n) is 17.0. The molecule has 4 unspecified atom stereocenters. The third kappa shape index (κ3) is 2.97. The molecular weight excluding hydrogens is 374 g/mol. The van der Waals surface area contributed by atoms with Gasteiger partial charge < -0.3 is 24.1 Å². The lowest BCUT2D eigenvalue weighted by molar-refractivity contribution is -0.228. The maximum Gasteiger partial charge on any atom is 0.191 e. The maximum atomic E-state index is 11.7. The molecule has 3 aliphatic heterocycles. The van der Waals surface area contributed by atoms with Crippen LogP contribution in [0, 0.1) is 0 Å². The lowest BCUT2D eigenvalue weighted by atomic mass is 9.89. The van der Waals surface area contributed by atoms with Gasteiger partial charge in [-0.3, -0.25) is 0 Å². The Morgan fingerprint density at radius 3 is 2.76 bits per heavy atom. The molecule has 0 bridgehead atoms. The molecule has 4 atom stereocenters. The van der Waals surface area contributed by atoms with Crippen molar-refractivity contribution in [3.8, 4) is 17.0 Å². The number of benzene rings is 1. The Hall–Kier alpha value is -2.00. The van der Waals surface area contributed by atoms with Gasteiger partial charge in [-0.05, 0) is 44.5 Å². The predicted octanol–water partition coefficient (Wildman–Crippen LogP) is 2.59. The number of hydrogen-bond donors (Lipinski definition) is 1. The summed E-state index contributed by atoms with van der Waals surface area (Å²) in [6, 6.07) is 7.74. The minimum Gasteiger partial charge on any atom is -0.494 e. The summed E-state index contributed by atoms with van der Waals surface area (Å²) in [5.41, 5.74) is 0.757. The van der Waals surface area contributed by atoms with E-state index in [-0.39, 0.29) is 0 Å². The Labute approximate surface area is 169 Å². The first-order valence-electron chi connectivity index (χ1n) is 10.3. The molecule has 2 saturated heterocycles. The fourth-order valence-corrected chi connectivity index (χ4v) is 4.49. The van der Waals surface area contributed by atoms with E-state index < -0.39 is 29.9 Å². The molecule has 5 rings (SSSR count). The van der Waals surface area contributed by atoms with Crippen LogP contribution in [-0.4, -0.2) is 51.0 Å². The van der Waals surface area contributed by atoms with Crippen molar-refractivity contribution in [2.24, 2.45) is 0 Å². The van der Waals surface area contributed by atoms with Gasteiger partial charge in [0.2, 0.25) is 0 Å². The Bertz CT molecular complexity index is 896. The van der Waals surface area contributed by atoms with Crippen molar-refractivity contribution in [3.05, 3.63) is 30.0 Å². The standard InChI is InChI=1S/C21H27N3O5/c1-4-5-6-11-26-14-9-7-13(8-10-14)16-17-21(25)15(12-24(17)23-22-16)27-19-18(21)28-20(2,3)29-19/h7-10,15,18-19,25H,4-6,11-12H2,1-3H3. The minimum atomic E-state index is -1.35. The van der Waals surface area contributed by atoms with Crippen LogP contribution < -0.4 is 4.74 Å². The molecule has 1 aromatic carbocycles. The molecule has 0 spiro atoms. The molecule has 2 fully saturated rings. The van der Waals surface area contributed by atoms with Crippen molar-refractivity contribution < 1.29 is 24.1 Å². The first-order chi connectivity index (χ1) is 13.9. The van der Waals surface area contributed by atoms with E-state index in [1.807, 2.05) is 38.1 Å². The molecule has 0 aliphatic carbocycles. The second-order valence-corrected chi connectivity index (χ2v) is 8.42. The number of unbranched alkanes of at least 4 members (excludes halogenated alkanes) is 2. The maximum absolute atomic E-state index is 11.7. The lowest BCUT2D eigenvalue weighted by Gasteiger charge is -2.28. The number of aliphatic hydroxyl groups is 1. The van der Waals surface area contributed by atoms with Crippen LogP contribution in [0.3, 0.4) is 0 Å². The van der Waals surface area contributed by atoms with E-state index in [1.54, 1.807) is 4.68 Å². The number of aromatic nitrogens is 3. The first kappa shape index (κ1) is 19.0. The van der Waals surface area contributed by atoms with E-state index in [2.05, 4.69) is 17.2 Å². The highest BCUT2D eigenvalue weighted by atomic mass is 16.8. The van der Waals surface area contributed by atoms with Gasteiger partial charge >= 0.3 is 0 Å². The molecule has 2 aromatic rings. The van der Waals surface area contributed by atoms with Gasteiger partial charge in [-0.15, -0.1) is 5.10 Å². The summed E-state index contributed by atoms with van der Waals surface area (Å²) in [4.78, 5) is 0. The van der Waals surface area contributed by atoms with E-state index in [0.29, 0.717) is 24.5 Å². The zero-order chi connectivity index (χ0) is 20.2. The summed E-state index contributed by atoms with van der Waals surface area (Å²) >= 11 is 0. The van der Waals surface area contributed by atoms with Gasteiger partial charge in [0.15, 0.2) is 17.7 Å². The van der Waals surface area contributed by atoms with E-state index in [0.717, 1.165) is 24.2 Å². The molecule has 4 heterocycles. The lowest BCUT2D eigenvalue weighted by Crippen LogP contribution is -2.44. The molecule has 8 nitrogen and oxygen atoms in total. The van der Waals surface area contributed by atoms with Gasteiger partial charge in [-0.2, -0.15) is 0 Å². The second-order valence-electron chi connectivity index (χ2n) is 8.42.